The van der Waals surface area contributed by atoms with Crippen molar-refractivity contribution in [2.75, 3.05) is 20.8 Å². The molecule has 2 aromatic carbocycles. The Morgan fingerprint density at radius 2 is 1.76 bits per heavy atom. The first-order valence-electron chi connectivity index (χ1n) is 9.31. The molecule has 1 aliphatic carbocycles. The van der Waals surface area contributed by atoms with Crippen LogP contribution in [-0.4, -0.2) is 20.8 Å². The van der Waals surface area contributed by atoms with E-state index in [0.717, 1.165) is 18.0 Å². The minimum absolute atomic E-state index is 0.122. The zero-order valence-corrected chi connectivity index (χ0v) is 15.1. The van der Waals surface area contributed by atoms with Crippen molar-refractivity contribution in [3.8, 4) is 11.5 Å². The van der Waals surface area contributed by atoms with Crippen LogP contribution in [0.1, 0.15) is 42.7 Å². The van der Waals surface area contributed by atoms with Gasteiger partial charge in [-0.1, -0.05) is 49.2 Å². The predicted molar refractivity (Wildman–Crippen MR) is 100 cm³/mol. The molecule has 1 N–H and O–H groups in total. The molecule has 0 spiro atoms. The van der Waals surface area contributed by atoms with Gasteiger partial charge in [0.05, 0.1) is 14.2 Å². The maximum Gasteiger partial charge on any atom is 0.160 e. The second kappa shape index (κ2) is 6.72. The Kier molecular flexibility index (Phi) is 4.43. The van der Waals surface area contributed by atoms with Gasteiger partial charge in [0.2, 0.25) is 0 Å². The van der Waals surface area contributed by atoms with E-state index in [1.807, 2.05) is 6.07 Å². The van der Waals surface area contributed by atoms with Crippen molar-refractivity contribution in [3.05, 3.63) is 59.7 Å². The first kappa shape index (κ1) is 16.5. The third-order valence-corrected chi connectivity index (χ3v) is 6.22. The Morgan fingerprint density at radius 3 is 2.52 bits per heavy atom. The molecule has 1 heterocycles. The molecule has 3 nitrogen and oxygen atoms in total. The fourth-order valence-corrected chi connectivity index (χ4v) is 5.03. The molecule has 0 radical (unpaired) electrons. The number of rotatable bonds is 4. The molecule has 0 aromatic heterocycles. The van der Waals surface area contributed by atoms with Crippen molar-refractivity contribution >= 4 is 0 Å². The molecule has 0 bridgehead atoms. The van der Waals surface area contributed by atoms with Crippen LogP contribution in [0, 0.1) is 5.92 Å². The zero-order valence-electron chi connectivity index (χ0n) is 15.1. The van der Waals surface area contributed by atoms with Gasteiger partial charge in [-0.05, 0) is 42.0 Å². The molecular weight excluding hydrogens is 310 g/mol. The van der Waals surface area contributed by atoms with Gasteiger partial charge in [0.15, 0.2) is 11.5 Å². The molecule has 1 aliphatic heterocycles. The van der Waals surface area contributed by atoms with Crippen molar-refractivity contribution in [2.45, 2.75) is 37.1 Å². The lowest BCUT2D eigenvalue weighted by Gasteiger charge is -2.41. The fraction of sp³-hybridized carbons (Fsp3) is 0.455. The zero-order chi connectivity index (χ0) is 17.3. The molecule has 2 aromatic rings. The van der Waals surface area contributed by atoms with Gasteiger partial charge in [-0.3, -0.25) is 0 Å². The molecule has 0 amide bonds. The summed E-state index contributed by atoms with van der Waals surface area (Å²) in [6.45, 7) is 1.02. The largest absolute Gasteiger partial charge is 0.493 e. The van der Waals surface area contributed by atoms with Crippen LogP contribution in [0.25, 0.3) is 0 Å². The van der Waals surface area contributed by atoms with E-state index >= 15 is 0 Å². The average Bonchev–Trinajstić information content (AvgIpc) is 3.09. The SMILES string of the molecule is COc1ccc(C2CNC3(c4ccccc4)CCCCC23)cc1OC. The maximum absolute atomic E-state index is 5.54. The smallest absolute Gasteiger partial charge is 0.160 e. The van der Waals surface area contributed by atoms with Gasteiger partial charge in [0.1, 0.15) is 0 Å². The Morgan fingerprint density at radius 1 is 0.960 bits per heavy atom. The maximum atomic E-state index is 5.54. The summed E-state index contributed by atoms with van der Waals surface area (Å²) >= 11 is 0. The number of hydrogen-bond donors (Lipinski definition) is 1. The minimum Gasteiger partial charge on any atom is -0.493 e. The van der Waals surface area contributed by atoms with Crippen molar-refractivity contribution in [2.24, 2.45) is 5.92 Å². The summed E-state index contributed by atoms with van der Waals surface area (Å²) in [5, 5.41) is 3.93. The lowest BCUT2D eigenvalue weighted by molar-refractivity contribution is 0.187. The first-order chi connectivity index (χ1) is 12.3. The summed E-state index contributed by atoms with van der Waals surface area (Å²) in [4.78, 5) is 0. The third-order valence-electron chi connectivity index (χ3n) is 6.22. The van der Waals surface area contributed by atoms with Gasteiger partial charge in [0.25, 0.3) is 0 Å². The number of ether oxygens (including phenoxy) is 2. The Balaban J connectivity index is 1.71. The van der Waals surface area contributed by atoms with Gasteiger partial charge in [-0.2, -0.15) is 0 Å². The van der Waals surface area contributed by atoms with Gasteiger partial charge >= 0.3 is 0 Å². The molecule has 1 saturated carbocycles. The molecule has 2 aliphatic rings. The number of hydrogen-bond acceptors (Lipinski definition) is 3. The molecule has 3 unspecified atom stereocenters. The topological polar surface area (TPSA) is 30.5 Å². The van der Waals surface area contributed by atoms with Crippen molar-refractivity contribution < 1.29 is 9.47 Å². The number of methoxy groups -OCH3 is 2. The Labute approximate surface area is 150 Å². The summed E-state index contributed by atoms with van der Waals surface area (Å²) in [5.74, 6) is 2.77. The lowest BCUT2D eigenvalue weighted by atomic mass is 9.66. The van der Waals surface area contributed by atoms with Crippen LogP contribution in [0.5, 0.6) is 11.5 Å². The predicted octanol–water partition coefficient (Wildman–Crippen LogP) is 4.48. The monoisotopic (exact) mass is 337 g/mol. The number of fused-ring (bicyclic) bond motifs is 1. The highest BCUT2D eigenvalue weighted by molar-refractivity contribution is 5.45. The van der Waals surface area contributed by atoms with E-state index in [0.29, 0.717) is 11.8 Å². The van der Waals surface area contributed by atoms with Crippen molar-refractivity contribution in [1.82, 2.24) is 5.32 Å². The van der Waals surface area contributed by atoms with Crippen molar-refractivity contribution in [1.29, 1.82) is 0 Å². The fourth-order valence-electron chi connectivity index (χ4n) is 5.03. The standard InChI is InChI=1S/C22H27NO2/c1-24-20-12-11-16(14-21(20)25-2)18-15-23-22(13-7-6-10-19(18)22)17-8-4-3-5-9-17/h3-5,8-9,11-12,14,18-19,23H,6-7,10,13,15H2,1-2H3. The Bertz CT molecular complexity index is 730. The molecule has 132 valence electrons. The minimum atomic E-state index is 0.122. The van der Waals surface area contributed by atoms with E-state index < -0.39 is 0 Å². The second-order valence-corrected chi connectivity index (χ2v) is 7.29. The molecule has 3 atom stereocenters. The van der Waals surface area contributed by atoms with Gasteiger partial charge < -0.3 is 14.8 Å². The highest BCUT2D eigenvalue weighted by Gasteiger charge is 2.50. The third kappa shape index (κ3) is 2.71. The second-order valence-electron chi connectivity index (χ2n) is 7.29. The molecule has 2 fully saturated rings. The van der Waals surface area contributed by atoms with E-state index in [4.69, 9.17) is 9.47 Å². The summed E-state index contributed by atoms with van der Waals surface area (Å²) in [6, 6.07) is 17.5. The van der Waals surface area contributed by atoms with Gasteiger partial charge in [0, 0.05) is 18.0 Å². The quantitative estimate of drug-likeness (QED) is 0.892. The van der Waals surface area contributed by atoms with E-state index in [-0.39, 0.29) is 5.54 Å². The number of benzene rings is 2. The van der Waals surface area contributed by atoms with Crippen LogP contribution in [0.3, 0.4) is 0 Å². The van der Waals surface area contributed by atoms with E-state index in [1.165, 1.54) is 36.8 Å². The summed E-state index contributed by atoms with van der Waals surface area (Å²) in [5.41, 5.74) is 2.93. The highest BCUT2D eigenvalue weighted by atomic mass is 16.5. The highest BCUT2D eigenvalue weighted by Crippen LogP contribution is 2.52. The van der Waals surface area contributed by atoms with Crippen molar-refractivity contribution in [3.63, 3.8) is 0 Å². The lowest BCUT2D eigenvalue weighted by Crippen LogP contribution is -2.44. The van der Waals surface area contributed by atoms with Crippen LogP contribution >= 0.6 is 0 Å². The van der Waals surface area contributed by atoms with Crippen LogP contribution < -0.4 is 14.8 Å². The van der Waals surface area contributed by atoms with Crippen LogP contribution in [0.4, 0.5) is 0 Å². The summed E-state index contributed by atoms with van der Waals surface area (Å²) < 4.78 is 10.9. The number of nitrogens with one attached hydrogen (secondary N) is 1. The van der Waals surface area contributed by atoms with E-state index in [2.05, 4.69) is 47.8 Å². The molecule has 25 heavy (non-hydrogen) atoms. The van der Waals surface area contributed by atoms with Crippen LogP contribution in [-0.2, 0) is 5.54 Å². The molecular formula is C22H27NO2. The average molecular weight is 337 g/mol. The molecule has 1 saturated heterocycles. The van der Waals surface area contributed by atoms with E-state index in [9.17, 15) is 0 Å². The summed E-state index contributed by atoms with van der Waals surface area (Å²) in [6.07, 6.45) is 5.13. The summed E-state index contributed by atoms with van der Waals surface area (Å²) in [7, 11) is 3.40. The normalized spacial score (nSPS) is 28.4. The van der Waals surface area contributed by atoms with Crippen LogP contribution in [0.2, 0.25) is 0 Å². The van der Waals surface area contributed by atoms with Gasteiger partial charge in [-0.15, -0.1) is 0 Å². The Hall–Kier alpha value is -2.00. The van der Waals surface area contributed by atoms with E-state index in [1.54, 1.807) is 14.2 Å². The first-order valence-corrected chi connectivity index (χ1v) is 9.31. The molecule has 3 heteroatoms. The van der Waals surface area contributed by atoms with Crippen LogP contribution in [0.15, 0.2) is 48.5 Å². The molecule has 4 rings (SSSR count). The van der Waals surface area contributed by atoms with Gasteiger partial charge in [-0.25, -0.2) is 0 Å².